The third kappa shape index (κ3) is 3.31. The van der Waals surface area contributed by atoms with Gasteiger partial charge in [-0.3, -0.25) is 0 Å². The van der Waals surface area contributed by atoms with Crippen LogP contribution < -0.4 is 56.5 Å². The monoisotopic (exact) mass is 242 g/mol. The molecule has 0 atom stereocenters. The number of hydrogen-bond donors (Lipinski definition) is 0. The summed E-state index contributed by atoms with van der Waals surface area (Å²) in [5.41, 5.74) is 2.03. The molecule has 0 N–H and O–H groups in total. The number of rotatable bonds is 1. The van der Waals surface area contributed by atoms with Crippen molar-refractivity contribution in [2.75, 3.05) is 0 Å². The minimum Gasteiger partial charge on any atom is -0.871 e. The molecule has 15 heavy (non-hydrogen) atoms. The van der Waals surface area contributed by atoms with E-state index in [0.29, 0.717) is 0 Å². The van der Waals surface area contributed by atoms with E-state index in [2.05, 4.69) is 0 Å². The van der Waals surface area contributed by atoms with Crippen molar-refractivity contribution in [2.45, 2.75) is 0 Å². The summed E-state index contributed by atoms with van der Waals surface area (Å²) in [6, 6.07) is 14.8. The van der Waals surface area contributed by atoms with Crippen molar-refractivity contribution in [1.29, 1.82) is 0 Å². The van der Waals surface area contributed by atoms with Crippen LogP contribution in [0.25, 0.3) is 11.1 Å². The van der Waals surface area contributed by atoms with E-state index in [9.17, 15) is 5.11 Å². The smallest absolute Gasteiger partial charge is 0.871 e. The van der Waals surface area contributed by atoms with Crippen LogP contribution in [-0.4, -0.2) is 0 Å². The van der Waals surface area contributed by atoms with Gasteiger partial charge in [0.15, 0.2) is 0 Å². The molecule has 0 fully saturated rings. The first-order chi connectivity index (χ1) is 6.77. The molecule has 2 aromatic carbocycles. The fraction of sp³-hybridized carbons (Fsp3) is 0. The molecule has 0 spiro atoms. The van der Waals surface area contributed by atoms with Gasteiger partial charge in [-0.25, -0.2) is 0 Å². The number of halogens is 1. The Bertz CT molecular complexity index is 443. The fourth-order valence-electron chi connectivity index (χ4n) is 1.31. The molecule has 1 nitrogen and oxygen atoms in total. The second kappa shape index (κ2) is 6.04. The molecule has 2 rings (SSSR count). The zero-order valence-electron chi connectivity index (χ0n) is 8.41. The van der Waals surface area contributed by atoms with Crippen molar-refractivity contribution in [3.8, 4) is 16.9 Å². The molecule has 0 heterocycles. The molecule has 0 unspecified atom stereocenters. The molecule has 0 bridgehead atoms. The summed E-state index contributed by atoms with van der Waals surface area (Å²) in [6.45, 7) is 0. The molecular weight excluding hydrogens is 235 g/mol. The first-order valence-corrected chi connectivity index (χ1v) is 4.67. The van der Waals surface area contributed by atoms with Gasteiger partial charge in [0.05, 0.1) is 0 Å². The average Bonchev–Trinajstić information content (AvgIpc) is 2.23. The first kappa shape index (κ1) is 13.2. The van der Waals surface area contributed by atoms with E-state index in [4.69, 9.17) is 11.6 Å². The SMILES string of the molecule is [K+].[O-]c1ccc(-c2ccccc2)cc1Cl. The van der Waals surface area contributed by atoms with Crippen molar-refractivity contribution >= 4 is 11.6 Å². The molecule has 0 radical (unpaired) electrons. The maximum absolute atomic E-state index is 11.1. The molecular formula is C12H8ClKO. The van der Waals surface area contributed by atoms with Gasteiger partial charge >= 0.3 is 51.4 Å². The first-order valence-electron chi connectivity index (χ1n) is 4.29. The van der Waals surface area contributed by atoms with Crippen LogP contribution >= 0.6 is 11.6 Å². The van der Waals surface area contributed by atoms with Crippen LogP contribution in [0.4, 0.5) is 0 Å². The van der Waals surface area contributed by atoms with E-state index in [-0.39, 0.29) is 62.2 Å². The number of benzene rings is 2. The van der Waals surface area contributed by atoms with Crippen LogP contribution in [0.3, 0.4) is 0 Å². The van der Waals surface area contributed by atoms with Gasteiger partial charge in [-0.1, -0.05) is 59.8 Å². The van der Waals surface area contributed by atoms with Crippen LogP contribution in [0.1, 0.15) is 0 Å². The average molecular weight is 243 g/mol. The molecule has 70 valence electrons. The summed E-state index contributed by atoms with van der Waals surface area (Å²) in [4.78, 5) is 0. The van der Waals surface area contributed by atoms with E-state index >= 15 is 0 Å². The van der Waals surface area contributed by atoms with Crippen molar-refractivity contribution in [1.82, 2.24) is 0 Å². The second-order valence-corrected chi connectivity index (χ2v) is 3.42. The minimum absolute atomic E-state index is 0. The largest absolute Gasteiger partial charge is 1.00 e. The fourth-order valence-corrected chi connectivity index (χ4v) is 1.49. The Hall–Kier alpha value is 0.166. The minimum atomic E-state index is -0.133. The maximum Gasteiger partial charge on any atom is 1.00 e. The topological polar surface area (TPSA) is 23.1 Å². The van der Waals surface area contributed by atoms with E-state index in [1.165, 1.54) is 6.07 Å². The van der Waals surface area contributed by atoms with Crippen LogP contribution in [0, 0.1) is 0 Å². The van der Waals surface area contributed by atoms with Gasteiger partial charge in [0, 0.05) is 5.02 Å². The predicted octanol–water partition coefficient (Wildman–Crippen LogP) is 0.0846. The van der Waals surface area contributed by atoms with Crippen molar-refractivity contribution in [3.05, 3.63) is 53.6 Å². The van der Waals surface area contributed by atoms with Gasteiger partial charge in [-0.05, 0) is 17.2 Å². The van der Waals surface area contributed by atoms with E-state index < -0.39 is 0 Å². The zero-order chi connectivity index (χ0) is 9.97. The normalized spacial score (nSPS) is 9.40. The molecule has 3 heteroatoms. The van der Waals surface area contributed by atoms with Crippen molar-refractivity contribution < 1.29 is 56.5 Å². The third-order valence-corrected chi connectivity index (χ3v) is 2.33. The van der Waals surface area contributed by atoms with Gasteiger partial charge in [0.25, 0.3) is 0 Å². The van der Waals surface area contributed by atoms with Crippen LogP contribution in [0.2, 0.25) is 5.02 Å². The molecule has 0 amide bonds. The Labute approximate surface area is 137 Å². The van der Waals surface area contributed by atoms with Crippen LogP contribution in [-0.2, 0) is 0 Å². The Morgan fingerprint density at radius 3 is 2.13 bits per heavy atom. The summed E-state index contributed by atoms with van der Waals surface area (Å²) in [7, 11) is 0. The van der Waals surface area contributed by atoms with Crippen molar-refractivity contribution in [3.63, 3.8) is 0 Å². The predicted molar refractivity (Wildman–Crippen MR) is 56.3 cm³/mol. The third-order valence-electron chi connectivity index (χ3n) is 2.04. The molecule has 0 saturated heterocycles. The molecule has 0 saturated carbocycles. The molecule has 0 aliphatic heterocycles. The van der Waals surface area contributed by atoms with Gasteiger partial charge in [-0.2, -0.15) is 0 Å². The van der Waals surface area contributed by atoms with Crippen LogP contribution in [0.5, 0.6) is 5.75 Å². The van der Waals surface area contributed by atoms with Crippen molar-refractivity contribution in [2.24, 2.45) is 0 Å². The van der Waals surface area contributed by atoms with E-state index in [1.807, 2.05) is 30.3 Å². The standard InChI is InChI=1S/C12H9ClO.K/c13-11-8-10(6-7-12(11)14)9-4-2-1-3-5-9;/h1-8,14H;/q;+1/p-1. The van der Waals surface area contributed by atoms with Gasteiger partial charge in [-0.15, -0.1) is 0 Å². The van der Waals surface area contributed by atoms with E-state index in [0.717, 1.165) is 11.1 Å². The quantitative estimate of drug-likeness (QED) is 0.650. The summed E-state index contributed by atoms with van der Waals surface area (Å²) in [6.07, 6.45) is 0. The summed E-state index contributed by atoms with van der Waals surface area (Å²) >= 11 is 5.75. The van der Waals surface area contributed by atoms with Gasteiger partial charge in [0.1, 0.15) is 0 Å². The summed E-state index contributed by atoms with van der Waals surface area (Å²) in [5.74, 6) is -0.133. The maximum atomic E-state index is 11.1. The van der Waals surface area contributed by atoms with Gasteiger partial charge in [0.2, 0.25) is 0 Å². The molecule has 0 aliphatic rings. The summed E-state index contributed by atoms with van der Waals surface area (Å²) in [5, 5.41) is 11.3. The summed E-state index contributed by atoms with van der Waals surface area (Å²) < 4.78 is 0. The number of hydrogen-bond acceptors (Lipinski definition) is 1. The van der Waals surface area contributed by atoms with Crippen LogP contribution in [0.15, 0.2) is 48.5 Å². The second-order valence-electron chi connectivity index (χ2n) is 3.01. The molecule has 2 aromatic rings. The molecule has 0 aliphatic carbocycles. The Balaban J connectivity index is 0.00000112. The zero-order valence-corrected chi connectivity index (χ0v) is 12.3. The Morgan fingerprint density at radius 1 is 0.867 bits per heavy atom. The Morgan fingerprint density at radius 2 is 1.53 bits per heavy atom. The van der Waals surface area contributed by atoms with Gasteiger partial charge < -0.3 is 5.11 Å². The molecule has 0 aromatic heterocycles. The van der Waals surface area contributed by atoms with E-state index in [1.54, 1.807) is 12.1 Å². The Kier molecular flexibility index (Phi) is 5.33.